The average Bonchev–Trinajstić information content (AvgIpc) is 2.77. The van der Waals surface area contributed by atoms with Gasteiger partial charge in [0.05, 0.1) is 13.0 Å². The maximum atomic E-state index is 13.6. The van der Waals surface area contributed by atoms with Gasteiger partial charge in [0.1, 0.15) is 17.7 Å². The SMILES string of the molecule is CCc1ccc2c(c1)C(NCC(N=O)C(Cc1cc(F)cc(F)c1)C(=O)OC)CCC2. The van der Waals surface area contributed by atoms with Crippen LogP contribution in [0.2, 0.25) is 0 Å². The summed E-state index contributed by atoms with van der Waals surface area (Å²) in [6.07, 6.45) is 3.86. The molecule has 0 spiro atoms. The number of benzene rings is 2. The number of ether oxygens (including phenoxy) is 1. The molecule has 0 bridgehead atoms. The number of nitroso groups, excluding NO2 is 1. The van der Waals surface area contributed by atoms with Gasteiger partial charge >= 0.3 is 5.97 Å². The molecule has 2 aromatic carbocycles. The van der Waals surface area contributed by atoms with E-state index in [0.29, 0.717) is 0 Å². The molecule has 3 unspecified atom stereocenters. The Bertz CT molecular complexity index is 915. The second-order valence-electron chi connectivity index (χ2n) is 8.02. The average molecular weight is 430 g/mol. The minimum absolute atomic E-state index is 0.0410. The van der Waals surface area contributed by atoms with E-state index in [9.17, 15) is 18.5 Å². The first-order valence-electron chi connectivity index (χ1n) is 10.7. The Morgan fingerprint density at radius 1 is 1.19 bits per heavy atom. The quantitative estimate of drug-likeness (QED) is 0.464. The second-order valence-corrected chi connectivity index (χ2v) is 8.02. The van der Waals surface area contributed by atoms with E-state index in [0.717, 1.165) is 43.9 Å². The van der Waals surface area contributed by atoms with E-state index in [4.69, 9.17) is 4.74 Å². The van der Waals surface area contributed by atoms with Gasteiger partial charge in [-0.3, -0.25) is 4.79 Å². The van der Waals surface area contributed by atoms with E-state index in [1.54, 1.807) is 0 Å². The molecule has 1 aliphatic carbocycles. The summed E-state index contributed by atoms with van der Waals surface area (Å²) in [6, 6.07) is 8.69. The van der Waals surface area contributed by atoms with Crippen molar-refractivity contribution in [2.45, 2.75) is 51.1 Å². The van der Waals surface area contributed by atoms with Crippen LogP contribution in [0.5, 0.6) is 0 Å². The zero-order chi connectivity index (χ0) is 22.4. The van der Waals surface area contributed by atoms with Crippen LogP contribution in [0.3, 0.4) is 0 Å². The Balaban J connectivity index is 1.76. The van der Waals surface area contributed by atoms with E-state index in [1.807, 2.05) is 0 Å². The molecular weight excluding hydrogens is 402 g/mol. The first kappa shape index (κ1) is 23.0. The van der Waals surface area contributed by atoms with Crippen molar-refractivity contribution >= 4 is 5.97 Å². The standard InChI is InChI=1S/C24H28F2N2O3/c1-3-15-7-8-17-5-4-6-22(20(17)11-15)27-14-23(28-30)21(24(29)31-2)12-16-9-18(25)13-19(26)10-16/h7-11,13,21-23,27H,3-6,12,14H2,1-2H3. The van der Waals surface area contributed by atoms with Gasteiger partial charge in [-0.25, -0.2) is 8.78 Å². The molecule has 1 aliphatic rings. The molecule has 3 atom stereocenters. The van der Waals surface area contributed by atoms with Crippen LogP contribution in [0.25, 0.3) is 0 Å². The second kappa shape index (κ2) is 10.6. The van der Waals surface area contributed by atoms with Gasteiger partial charge < -0.3 is 10.1 Å². The summed E-state index contributed by atoms with van der Waals surface area (Å²) < 4.78 is 32.0. The van der Waals surface area contributed by atoms with Crippen molar-refractivity contribution in [3.8, 4) is 0 Å². The molecule has 0 saturated carbocycles. The number of carbonyl (C=O) groups is 1. The van der Waals surface area contributed by atoms with Crippen molar-refractivity contribution in [2.75, 3.05) is 13.7 Å². The highest BCUT2D eigenvalue weighted by Gasteiger charge is 2.32. The van der Waals surface area contributed by atoms with Gasteiger partial charge in [0.25, 0.3) is 0 Å². The largest absolute Gasteiger partial charge is 0.469 e. The van der Waals surface area contributed by atoms with Crippen LogP contribution in [0.1, 0.15) is 48.1 Å². The van der Waals surface area contributed by atoms with Crippen molar-refractivity contribution < 1.29 is 18.3 Å². The number of nitrogens with one attached hydrogen (secondary N) is 1. The Kier molecular flexibility index (Phi) is 7.85. The molecule has 5 nitrogen and oxygen atoms in total. The van der Waals surface area contributed by atoms with Crippen LogP contribution >= 0.6 is 0 Å². The van der Waals surface area contributed by atoms with Crippen LogP contribution in [0.4, 0.5) is 8.78 Å². The zero-order valence-corrected chi connectivity index (χ0v) is 17.9. The van der Waals surface area contributed by atoms with Crippen molar-refractivity contribution in [3.05, 3.63) is 75.2 Å². The number of halogens is 2. The molecule has 0 saturated heterocycles. The summed E-state index contributed by atoms with van der Waals surface area (Å²) >= 11 is 0. The highest BCUT2D eigenvalue weighted by molar-refractivity contribution is 5.73. The molecule has 0 amide bonds. The maximum Gasteiger partial charge on any atom is 0.311 e. The highest BCUT2D eigenvalue weighted by atomic mass is 19.1. The first-order chi connectivity index (χ1) is 14.9. The van der Waals surface area contributed by atoms with Gasteiger partial charge in [-0.2, -0.15) is 4.91 Å². The zero-order valence-electron chi connectivity index (χ0n) is 17.9. The van der Waals surface area contributed by atoms with Crippen LogP contribution in [0, 0.1) is 22.5 Å². The van der Waals surface area contributed by atoms with Gasteiger partial charge in [0.15, 0.2) is 0 Å². The number of esters is 1. The monoisotopic (exact) mass is 430 g/mol. The number of nitrogens with zero attached hydrogens (tertiary/aromatic N) is 1. The fourth-order valence-corrected chi connectivity index (χ4v) is 4.31. The fraction of sp³-hybridized carbons (Fsp3) is 0.458. The number of hydrogen-bond acceptors (Lipinski definition) is 5. The molecule has 166 valence electrons. The van der Waals surface area contributed by atoms with Crippen LogP contribution in [-0.4, -0.2) is 25.7 Å². The van der Waals surface area contributed by atoms with Crippen LogP contribution in [0.15, 0.2) is 41.6 Å². The third kappa shape index (κ3) is 5.73. The number of rotatable bonds is 9. The molecule has 1 N–H and O–H groups in total. The van der Waals surface area contributed by atoms with Gasteiger partial charge in [-0.15, -0.1) is 0 Å². The molecular formula is C24H28F2N2O3. The van der Waals surface area contributed by atoms with E-state index in [1.165, 1.54) is 23.8 Å². The van der Waals surface area contributed by atoms with Crippen molar-refractivity contribution in [2.24, 2.45) is 11.1 Å². The maximum absolute atomic E-state index is 13.6. The van der Waals surface area contributed by atoms with Crippen LogP contribution in [-0.2, 0) is 28.8 Å². The number of methoxy groups -OCH3 is 1. The van der Waals surface area contributed by atoms with E-state index in [2.05, 4.69) is 35.6 Å². The van der Waals surface area contributed by atoms with Crippen LogP contribution < -0.4 is 5.32 Å². The lowest BCUT2D eigenvalue weighted by molar-refractivity contribution is -0.146. The molecule has 3 rings (SSSR count). The van der Waals surface area contributed by atoms with Crippen molar-refractivity contribution in [1.29, 1.82) is 0 Å². The van der Waals surface area contributed by atoms with E-state index < -0.39 is 29.6 Å². The smallest absolute Gasteiger partial charge is 0.311 e. The van der Waals surface area contributed by atoms with E-state index in [-0.39, 0.29) is 24.6 Å². The normalized spacial score (nSPS) is 17.5. The minimum atomic E-state index is -0.943. The lowest BCUT2D eigenvalue weighted by Gasteiger charge is -2.29. The summed E-state index contributed by atoms with van der Waals surface area (Å²) in [5.74, 6) is -3.05. The summed E-state index contributed by atoms with van der Waals surface area (Å²) in [7, 11) is 1.22. The summed E-state index contributed by atoms with van der Waals surface area (Å²) in [6.45, 7) is 2.27. The molecule has 0 aliphatic heterocycles. The fourth-order valence-electron chi connectivity index (χ4n) is 4.31. The Morgan fingerprint density at radius 2 is 1.94 bits per heavy atom. The molecule has 0 fully saturated rings. The predicted octanol–water partition coefficient (Wildman–Crippen LogP) is 4.66. The van der Waals surface area contributed by atoms with Gasteiger partial charge in [0, 0.05) is 18.7 Å². The predicted molar refractivity (Wildman–Crippen MR) is 115 cm³/mol. The third-order valence-corrected chi connectivity index (χ3v) is 5.99. The number of carbonyl (C=O) groups excluding carboxylic acids is 1. The van der Waals surface area contributed by atoms with E-state index >= 15 is 0 Å². The Morgan fingerprint density at radius 3 is 2.58 bits per heavy atom. The summed E-state index contributed by atoms with van der Waals surface area (Å²) in [5.41, 5.74) is 4.03. The topological polar surface area (TPSA) is 67.8 Å². The lowest BCUT2D eigenvalue weighted by atomic mass is 9.85. The molecule has 2 aromatic rings. The number of aryl methyl sites for hydroxylation is 2. The Hall–Kier alpha value is -2.67. The molecule has 0 heterocycles. The lowest BCUT2D eigenvalue weighted by Crippen LogP contribution is -2.39. The van der Waals surface area contributed by atoms with Gasteiger partial charge in [0.2, 0.25) is 0 Å². The van der Waals surface area contributed by atoms with Gasteiger partial charge in [-0.05, 0) is 66.5 Å². The number of fused-ring (bicyclic) bond motifs is 1. The molecule has 31 heavy (non-hydrogen) atoms. The first-order valence-corrected chi connectivity index (χ1v) is 10.7. The van der Waals surface area contributed by atoms with Crippen molar-refractivity contribution in [3.63, 3.8) is 0 Å². The number of hydrogen-bond donors (Lipinski definition) is 1. The Labute approximate surface area is 181 Å². The van der Waals surface area contributed by atoms with Gasteiger partial charge in [-0.1, -0.05) is 30.3 Å². The molecule has 0 radical (unpaired) electrons. The molecule has 0 aromatic heterocycles. The summed E-state index contributed by atoms with van der Waals surface area (Å²) in [5, 5.41) is 6.57. The third-order valence-electron chi connectivity index (χ3n) is 5.99. The highest BCUT2D eigenvalue weighted by Crippen LogP contribution is 2.31. The molecule has 7 heteroatoms. The van der Waals surface area contributed by atoms with Crippen molar-refractivity contribution in [1.82, 2.24) is 5.32 Å². The minimum Gasteiger partial charge on any atom is -0.469 e. The summed E-state index contributed by atoms with van der Waals surface area (Å²) in [4.78, 5) is 24.0.